The topological polar surface area (TPSA) is 109 Å². The number of fused-ring (bicyclic) bond motifs is 1. The summed E-state index contributed by atoms with van der Waals surface area (Å²) in [6.45, 7) is 7.41. The molecule has 1 aliphatic heterocycles. The smallest absolute Gasteiger partial charge is 0.338 e. The van der Waals surface area contributed by atoms with Gasteiger partial charge in [0, 0.05) is 28.5 Å². The number of esters is 1. The fourth-order valence-corrected chi connectivity index (χ4v) is 6.28. The predicted octanol–water partition coefficient (Wildman–Crippen LogP) is 4.77. The van der Waals surface area contributed by atoms with Crippen molar-refractivity contribution in [1.82, 2.24) is 9.13 Å². The van der Waals surface area contributed by atoms with E-state index in [1.165, 1.54) is 28.0 Å². The van der Waals surface area contributed by atoms with Crippen molar-refractivity contribution < 1.29 is 14.5 Å². The number of aryl methyl sites for hydroxylation is 1. The van der Waals surface area contributed by atoms with Crippen LogP contribution in [0.5, 0.6) is 0 Å². The Hall–Kier alpha value is -4.28. The van der Waals surface area contributed by atoms with Crippen LogP contribution in [0.25, 0.3) is 11.8 Å². The van der Waals surface area contributed by atoms with Crippen molar-refractivity contribution in [3.63, 3.8) is 0 Å². The van der Waals surface area contributed by atoms with Crippen LogP contribution in [-0.2, 0) is 9.53 Å². The third-order valence-electron chi connectivity index (χ3n) is 6.77. The molecule has 204 valence electrons. The number of thiazole rings is 1. The number of hydrogen-bond donors (Lipinski definition) is 0. The van der Waals surface area contributed by atoms with Crippen LogP contribution in [0.2, 0.25) is 5.02 Å². The molecule has 3 heterocycles. The van der Waals surface area contributed by atoms with Gasteiger partial charge in [0.2, 0.25) is 0 Å². The van der Waals surface area contributed by atoms with Crippen LogP contribution in [0.15, 0.2) is 75.7 Å². The number of non-ortho nitro benzene ring substituents is 1. The van der Waals surface area contributed by atoms with Crippen molar-refractivity contribution in [2.75, 3.05) is 6.61 Å². The summed E-state index contributed by atoms with van der Waals surface area (Å²) < 4.78 is 9.16. The van der Waals surface area contributed by atoms with E-state index >= 15 is 0 Å². The van der Waals surface area contributed by atoms with Crippen LogP contribution in [0.1, 0.15) is 42.4 Å². The molecule has 2 aromatic carbocycles. The van der Waals surface area contributed by atoms with Crippen molar-refractivity contribution in [3.8, 4) is 5.69 Å². The van der Waals surface area contributed by atoms with Gasteiger partial charge in [0.15, 0.2) is 4.80 Å². The molecule has 1 atom stereocenters. The average Bonchev–Trinajstić information content (AvgIpc) is 3.37. The Balaban J connectivity index is 1.69. The third-order valence-corrected chi connectivity index (χ3v) is 8.10. The van der Waals surface area contributed by atoms with Gasteiger partial charge in [-0.15, -0.1) is 0 Å². The summed E-state index contributed by atoms with van der Waals surface area (Å²) in [5, 5.41) is 11.7. The van der Waals surface area contributed by atoms with E-state index in [4.69, 9.17) is 16.3 Å². The maximum Gasteiger partial charge on any atom is 0.338 e. The molecule has 40 heavy (non-hydrogen) atoms. The number of nitro benzene ring substituents is 1. The van der Waals surface area contributed by atoms with Crippen LogP contribution >= 0.6 is 22.9 Å². The highest BCUT2D eigenvalue weighted by molar-refractivity contribution is 7.07. The van der Waals surface area contributed by atoms with Gasteiger partial charge >= 0.3 is 5.97 Å². The van der Waals surface area contributed by atoms with Gasteiger partial charge in [0.25, 0.3) is 11.2 Å². The number of carbonyl (C=O) groups is 1. The first-order valence-electron chi connectivity index (χ1n) is 12.5. The lowest BCUT2D eigenvalue weighted by molar-refractivity contribution is -0.384. The van der Waals surface area contributed by atoms with Gasteiger partial charge in [0.05, 0.1) is 33.0 Å². The van der Waals surface area contributed by atoms with Crippen LogP contribution < -0.4 is 14.9 Å². The molecule has 0 aliphatic carbocycles. The zero-order chi connectivity index (χ0) is 28.7. The summed E-state index contributed by atoms with van der Waals surface area (Å²) >= 11 is 7.79. The number of aromatic nitrogens is 2. The van der Waals surface area contributed by atoms with Crippen LogP contribution in [0, 0.1) is 24.0 Å². The Bertz CT molecular complexity index is 1900. The summed E-state index contributed by atoms with van der Waals surface area (Å²) in [7, 11) is 0. The number of benzene rings is 2. The largest absolute Gasteiger partial charge is 0.463 e. The first kappa shape index (κ1) is 27.3. The van der Waals surface area contributed by atoms with Gasteiger partial charge in [-0.3, -0.25) is 19.5 Å². The second-order valence-corrected chi connectivity index (χ2v) is 10.7. The molecule has 9 nitrogen and oxygen atoms in total. The standard InChI is InChI=1S/C29H25ClN4O5S/c1-5-39-28(36)25-17(3)31-29-33(26(25)22-11-6-7-12-23(22)30)27(35)24(40-29)14-19-13-16(2)32(18(19)4)20-9-8-10-21(15-20)34(37)38/h6-15,26H,5H2,1-4H3/b24-14-/t26-/m1/s1. The molecule has 0 unspecified atom stereocenters. The van der Waals surface area contributed by atoms with E-state index in [9.17, 15) is 19.7 Å². The van der Waals surface area contributed by atoms with Gasteiger partial charge < -0.3 is 9.30 Å². The lowest BCUT2D eigenvalue weighted by Crippen LogP contribution is -2.40. The van der Waals surface area contributed by atoms with Crippen molar-refractivity contribution in [3.05, 3.63) is 123 Å². The molecule has 0 radical (unpaired) electrons. The quantitative estimate of drug-likeness (QED) is 0.187. The molecule has 0 fully saturated rings. The minimum absolute atomic E-state index is 0.00722. The Morgan fingerprint density at radius 1 is 1.18 bits per heavy atom. The molecule has 0 saturated carbocycles. The van der Waals surface area contributed by atoms with E-state index in [1.807, 2.05) is 24.5 Å². The lowest BCUT2D eigenvalue weighted by Gasteiger charge is -2.25. The van der Waals surface area contributed by atoms with Gasteiger partial charge in [-0.2, -0.15) is 0 Å². The normalized spacial score (nSPS) is 15.1. The number of hydrogen-bond acceptors (Lipinski definition) is 7. The SMILES string of the molecule is CCOC(=O)C1=C(C)N=c2s/c(=C\c3cc(C)n(-c4cccc([N+](=O)[O-])c4)c3C)c(=O)n2[C@@H]1c1ccccc1Cl. The molecule has 5 rings (SSSR count). The molecular formula is C29H25ClN4O5S. The molecule has 0 bridgehead atoms. The number of rotatable bonds is 6. The first-order valence-corrected chi connectivity index (χ1v) is 13.7. The van der Waals surface area contributed by atoms with Crippen molar-refractivity contribution in [1.29, 1.82) is 0 Å². The molecule has 0 amide bonds. The van der Waals surface area contributed by atoms with E-state index in [2.05, 4.69) is 4.99 Å². The summed E-state index contributed by atoms with van der Waals surface area (Å²) in [5.41, 5.74) is 4.09. The highest BCUT2D eigenvalue weighted by atomic mass is 35.5. The second-order valence-electron chi connectivity index (χ2n) is 9.26. The van der Waals surface area contributed by atoms with Crippen LogP contribution in [0.4, 0.5) is 5.69 Å². The number of carbonyl (C=O) groups excluding carboxylic acids is 1. The van der Waals surface area contributed by atoms with E-state index in [-0.39, 0.29) is 23.4 Å². The number of nitro groups is 1. The molecule has 0 saturated heterocycles. The zero-order valence-corrected chi connectivity index (χ0v) is 23.7. The van der Waals surface area contributed by atoms with E-state index in [1.54, 1.807) is 56.3 Å². The van der Waals surface area contributed by atoms with Crippen molar-refractivity contribution >= 4 is 40.7 Å². The molecule has 4 aromatic rings. The number of ether oxygens (including phenoxy) is 1. The van der Waals surface area contributed by atoms with E-state index in [0.717, 1.165) is 17.0 Å². The number of nitrogens with zero attached hydrogens (tertiary/aromatic N) is 4. The highest BCUT2D eigenvalue weighted by Crippen LogP contribution is 2.34. The van der Waals surface area contributed by atoms with E-state index < -0.39 is 16.9 Å². The lowest BCUT2D eigenvalue weighted by atomic mass is 9.96. The maximum absolute atomic E-state index is 13.9. The molecular weight excluding hydrogens is 552 g/mol. The molecule has 0 N–H and O–H groups in total. The molecule has 11 heteroatoms. The monoisotopic (exact) mass is 576 g/mol. The van der Waals surface area contributed by atoms with Gasteiger partial charge in [-0.05, 0) is 63.1 Å². The highest BCUT2D eigenvalue weighted by Gasteiger charge is 2.34. The number of allylic oxidation sites excluding steroid dienone is 1. The first-order chi connectivity index (χ1) is 19.1. The van der Waals surface area contributed by atoms with Crippen LogP contribution in [-0.4, -0.2) is 26.6 Å². The maximum atomic E-state index is 13.9. The van der Waals surface area contributed by atoms with Gasteiger partial charge in [0.1, 0.15) is 6.04 Å². The minimum atomic E-state index is -0.802. The second kappa shape index (κ2) is 10.7. The number of halogens is 1. The summed E-state index contributed by atoms with van der Waals surface area (Å²) in [4.78, 5) is 42.9. The van der Waals surface area contributed by atoms with Crippen LogP contribution in [0.3, 0.4) is 0 Å². The predicted molar refractivity (Wildman–Crippen MR) is 154 cm³/mol. The van der Waals surface area contributed by atoms with Gasteiger partial charge in [-0.25, -0.2) is 9.79 Å². The molecule has 2 aromatic heterocycles. The van der Waals surface area contributed by atoms with E-state index in [0.29, 0.717) is 31.3 Å². The van der Waals surface area contributed by atoms with Gasteiger partial charge in [-0.1, -0.05) is 47.2 Å². The fraction of sp³-hybridized carbons (Fsp3) is 0.207. The third kappa shape index (κ3) is 4.69. The zero-order valence-electron chi connectivity index (χ0n) is 22.2. The Morgan fingerprint density at radius 3 is 2.62 bits per heavy atom. The Morgan fingerprint density at radius 2 is 1.93 bits per heavy atom. The minimum Gasteiger partial charge on any atom is -0.463 e. The average molecular weight is 577 g/mol. The van der Waals surface area contributed by atoms with Crippen molar-refractivity contribution in [2.45, 2.75) is 33.7 Å². The summed E-state index contributed by atoms with van der Waals surface area (Å²) in [5.74, 6) is -0.552. The summed E-state index contributed by atoms with van der Waals surface area (Å²) in [6.07, 6.45) is 1.78. The summed E-state index contributed by atoms with van der Waals surface area (Å²) in [6, 6.07) is 14.6. The Labute approximate surface area is 238 Å². The van der Waals surface area contributed by atoms with Crippen molar-refractivity contribution in [2.24, 2.45) is 4.99 Å². The Kier molecular flexibility index (Phi) is 7.31. The molecule has 1 aliphatic rings. The fourth-order valence-electron chi connectivity index (χ4n) is 5.00. The molecule has 0 spiro atoms.